The summed E-state index contributed by atoms with van der Waals surface area (Å²) < 4.78 is 21.9. The van der Waals surface area contributed by atoms with Crippen molar-refractivity contribution in [1.29, 1.82) is 0 Å². The van der Waals surface area contributed by atoms with E-state index in [1.54, 1.807) is 24.3 Å². The van der Waals surface area contributed by atoms with Crippen LogP contribution in [0.15, 0.2) is 42.5 Å². The zero-order chi connectivity index (χ0) is 23.0. The van der Waals surface area contributed by atoms with Crippen LogP contribution in [0.3, 0.4) is 0 Å². The Bertz CT molecular complexity index is 920. The second-order valence-corrected chi connectivity index (χ2v) is 7.75. The van der Waals surface area contributed by atoms with Crippen molar-refractivity contribution in [3.05, 3.63) is 53.6 Å². The zero-order valence-corrected chi connectivity index (χ0v) is 17.2. The van der Waals surface area contributed by atoms with Crippen LogP contribution in [0.25, 0.3) is 0 Å². The van der Waals surface area contributed by atoms with Crippen molar-refractivity contribution in [2.24, 2.45) is 0 Å². The summed E-state index contributed by atoms with van der Waals surface area (Å²) in [7, 11) is 1.39. The average molecular weight is 450 g/mol. The number of hydrogen-bond donors (Lipinski definition) is 6. The van der Waals surface area contributed by atoms with Gasteiger partial charge in [0.1, 0.15) is 60.0 Å². The highest BCUT2D eigenvalue weighted by molar-refractivity contribution is 5.53. The maximum Gasteiger partial charge on any atom is 0.229 e. The Balaban J connectivity index is 1.52. The molecule has 2 aromatic rings. The molecule has 4 rings (SSSR count). The van der Waals surface area contributed by atoms with Crippen molar-refractivity contribution >= 4 is 0 Å². The maximum atomic E-state index is 10.6. The summed E-state index contributed by atoms with van der Waals surface area (Å²) in [5.74, 6) is 0.0438. The van der Waals surface area contributed by atoms with Crippen molar-refractivity contribution in [3.8, 4) is 17.2 Å². The van der Waals surface area contributed by atoms with Crippen LogP contribution in [0.2, 0.25) is 0 Å². The molecule has 0 bridgehead atoms. The van der Waals surface area contributed by atoms with Gasteiger partial charge in [0.05, 0.1) is 19.3 Å². The number of rotatable bonds is 7. The van der Waals surface area contributed by atoms with Crippen molar-refractivity contribution in [2.75, 3.05) is 13.7 Å². The van der Waals surface area contributed by atoms with E-state index in [0.717, 1.165) is 0 Å². The number of aliphatic hydroxyl groups excluding tert-OH is 5. The van der Waals surface area contributed by atoms with Crippen LogP contribution in [0.5, 0.6) is 17.2 Å². The number of phenols is 1. The molecule has 174 valence electrons. The SMILES string of the molecule is COc1cc(OC2OC(CO)C(O)C(O)C2O)cc(O)c1C1OC1C(O)c1ccccc1. The molecule has 2 aliphatic heterocycles. The summed E-state index contributed by atoms with van der Waals surface area (Å²) in [4.78, 5) is 0. The summed E-state index contributed by atoms with van der Waals surface area (Å²) in [5, 5.41) is 60.4. The molecule has 0 amide bonds. The van der Waals surface area contributed by atoms with Gasteiger partial charge in [-0.25, -0.2) is 0 Å². The molecule has 8 unspecified atom stereocenters. The Labute approximate surface area is 183 Å². The lowest BCUT2D eigenvalue weighted by atomic mass is 9.99. The zero-order valence-electron chi connectivity index (χ0n) is 17.2. The number of phenolic OH excluding ortho intramolecular Hbond substituents is 1. The van der Waals surface area contributed by atoms with E-state index in [0.29, 0.717) is 11.1 Å². The van der Waals surface area contributed by atoms with Crippen LogP contribution in [0.1, 0.15) is 23.3 Å². The highest BCUT2D eigenvalue weighted by Gasteiger charge is 2.49. The van der Waals surface area contributed by atoms with Gasteiger partial charge in [0.25, 0.3) is 0 Å². The molecule has 10 heteroatoms. The van der Waals surface area contributed by atoms with Crippen LogP contribution < -0.4 is 9.47 Å². The van der Waals surface area contributed by atoms with Crippen molar-refractivity contribution < 1.29 is 49.6 Å². The van der Waals surface area contributed by atoms with E-state index in [1.165, 1.54) is 19.2 Å². The average Bonchev–Trinajstić information content (AvgIpc) is 3.59. The molecule has 0 aliphatic carbocycles. The van der Waals surface area contributed by atoms with Crippen LogP contribution in [-0.4, -0.2) is 81.2 Å². The summed E-state index contributed by atoms with van der Waals surface area (Å²) in [6, 6.07) is 11.7. The first-order valence-corrected chi connectivity index (χ1v) is 10.1. The van der Waals surface area contributed by atoms with Gasteiger partial charge < -0.3 is 49.6 Å². The molecule has 6 N–H and O–H groups in total. The number of aromatic hydroxyl groups is 1. The Morgan fingerprint density at radius 1 is 1.00 bits per heavy atom. The third kappa shape index (κ3) is 4.26. The molecular formula is C22H26O10. The fourth-order valence-corrected chi connectivity index (χ4v) is 3.85. The number of hydrogen-bond acceptors (Lipinski definition) is 10. The number of epoxide rings is 1. The van der Waals surface area contributed by atoms with E-state index >= 15 is 0 Å². The number of aliphatic hydroxyl groups is 5. The second kappa shape index (κ2) is 9.20. The minimum atomic E-state index is -1.60. The molecule has 0 radical (unpaired) electrons. The van der Waals surface area contributed by atoms with Gasteiger partial charge in [-0.3, -0.25) is 0 Å². The predicted molar refractivity (Wildman–Crippen MR) is 108 cm³/mol. The molecule has 2 fully saturated rings. The first-order valence-electron chi connectivity index (χ1n) is 10.1. The lowest BCUT2D eigenvalue weighted by Gasteiger charge is -2.39. The van der Waals surface area contributed by atoms with E-state index in [2.05, 4.69) is 0 Å². The molecule has 32 heavy (non-hydrogen) atoms. The van der Waals surface area contributed by atoms with E-state index in [1.807, 2.05) is 6.07 Å². The Hall–Kier alpha value is -2.44. The van der Waals surface area contributed by atoms with Crippen molar-refractivity contribution in [1.82, 2.24) is 0 Å². The third-order valence-electron chi connectivity index (χ3n) is 5.68. The van der Waals surface area contributed by atoms with E-state index in [9.17, 15) is 30.6 Å². The molecule has 2 aliphatic rings. The van der Waals surface area contributed by atoms with Gasteiger partial charge in [0, 0.05) is 12.1 Å². The van der Waals surface area contributed by atoms with Gasteiger partial charge in [-0.2, -0.15) is 0 Å². The molecule has 2 aromatic carbocycles. The van der Waals surface area contributed by atoms with E-state index in [-0.39, 0.29) is 17.2 Å². The lowest BCUT2D eigenvalue weighted by molar-refractivity contribution is -0.277. The van der Waals surface area contributed by atoms with Crippen LogP contribution in [0, 0.1) is 0 Å². The summed E-state index contributed by atoms with van der Waals surface area (Å²) in [6.45, 7) is -0.595. The molecule has 2 heterocycles. The van der Waals surface area contributed by atoms with Gasteiger partial charge in [0.15, 0.2) is 0 Å². The first kappa shape index (κ1) is 22.7. The molecule has 0 spiro atoms. The quantitative estimate of drug-likeness (QED) is 0.310. The third-order valence-corrected chi connectivity index (χ3v) is 5.68. The smallest absolute Gasteiger partial charge is 0.229 e. The summed E-state index contributed by atoms with van der Waals surface area (Å²) >= 11 is 0. The van der Waals surface area contributed by atoms with Crippen LogP contribution in [-0.2, 0) is 9.47 Å². The number of methoxy groups -OCH3 is 1. The maximum absolute atomic E-state index is 10.6. The highest BCUT2D eigenvalue weighted by Crippen LogP contribution is 2.52. The predicted octanol–water partition coefficient (Wildman–Crippen LogP) is -0.247. The first-order chi connectivity index (χ1) is 15.3. The van der Waals surface area contributed by atoms with Gasteiger partial charge >= 0.3 is 0 Å². The topological polar surface area (TPSA) is 162 Å². The number of ether oxygens (including phenoxy) is 4. The summed E-state index contributed by atoms with van der Waals surface area (Å²) in [6.07, 6.45) is -9.33. The monoisotopic (exact) mass is 450 g/mol. The normalized spacial score (nSPS) is 32.9. The van der Waals surface area contributed by atoms with Crippen LogP contribution in [0.4, 0.5) is 0 Å². The Morgan fingerprint density at radius 3 is 2.38 bits per heavy atom. The molecule has 2 saturated heterocycles. The Morgan fingerprint density at radius 2 is 1.72 bits per heavy atom. The number of benzene rings is 2. The van der Waals surface area contributed by atoms with Crippen LogP contribution >= 0.6 is 0 Å². The largest absolute Gasteiger partial charge is 0.507 e. The van der Waals surface area contributed by atoms with Gasteiger partial charge in [0.2, 0.25) is 6.29 Å². The molecule has 10 nitrogen and oxygen atoms in total. The van der Waals surface area contributed by atoms with Gasteiger partial charge in [-0.1, -0.05) is 30.3 Å². The molecular weight excluding hydrogens is 424 g/mol. The lowest BCUT2D eigenvalue weighted by Crippen LogP contribution is -2.60. The highest BCUT2D eigenvalue weighted by atomic mass is 16.7. The fraction of sp³-hybridized carbons (Fsp3) is 0.455. The molecule has 8 atom stereocenters. The fourth-order valence-electron chi connectivity index (χ4n) is 3.85. The van der Waals surface area contributed by atoms with E-state index in [4.69, 9.17) is 18.9 Å². The Kier molecular flexibility index (Phi) is 6.54. The van der Waals surface area contributed by atoms with Crippen molar-refractivity contribution in [2.45, 2.75) is 49.0 Å². The van der Waals surface area contributed by atoms with Crippen molar-refractivity contribution in [3.63, 3.8) is 0 Å². The molecule has 0 aromatic heterocycles. The minimum absolute atomic E-state index is 0.0493. The second-order valence-electron chi connectivity index (χ2n) is 7.75. The summed E-state index contributed by atoms with van der Waals surface area (Å²) in [5.41, 5.74) is 1.01. The minimum Gasteiger partial charge on any atom is -0.507 e. The van der Waals surface area contributed by atoms with Gasteiger partial charge in [-0.05, 0) is 5.56 Å². The van der Waals surface area contributed by atoms with Gasteiger partial charge in [-0.15, -0.1) is 0 Å². The van der Waals surface area contributed by atoms with E-state index < -0.39 is 55.6 Å². The standard InChI is InChI=1S/C22H26O10/c1-29-13-8-11(30-22-19(28)18(27)17(26)14(9-23)31-22)7-12(24)15(13)20-21(32-20)16(25)10-5-3-2-4-6-10/h2-8,14,16-28H,9H2,1H3. The molecule has 0 saturated carbocycles.